The first-order valence-corrected chi connectivity index (χ1v) is 7.66. The summed E-state index contributed by atoms with van der Waals surface area (Å²) in [6.45, 7) is 0. The highest BCUT2D eigenvalue weighted by molar-refractivity contribution is 7.60. The summed E-state index contributed by atoms with van der Waals surface area (Å²) in [4.78, 5) is 38.7. The minimum atomic E-state index is -4.60. The minimum Gasteiger partial charge on any atom is -0.349 e. The molecule has 0 spiro atoms. The van der Waals surface area contributed by atoms with Gasteiger partial charge in [0.1, 0.15) is 5.69 Å². The SMILES string of the molecule is O=[N+]([O-])c1ccc(Nc2ccccc2P(=O)(O)O)c([N+](=O)[O-])c1. The maximum Gasteiger partial charge on any atom is 0.358 e. The van der Waals surface area contributed by atoms with E-state index in [0.717, 1.165) is 18.2 Å². The summed E-state index contributed by atoms with van der Waals surface area (Å²) in [5.74, 6) is 0. The van der Waals surface area contributed by atoms with Crippen molar-refractivity contribution < 1.29 is 24.2 Å². The van der Waals surface area contributed by atoms with E-state index >= 15 is 0 Å². The summed E-state index contributed by atoms with van der Waals surface area (Å²) in [5, 5.41) is 23.9. The van der Waals surface area contributed by atoms with Gasteiger partial charge in [0.15, 0.2) is 0 Å². The fourth-order valence-corrected chi connectivity index (χ4v) is 2.59. The molecular formula is C12H10N3O7P. The summed E-state index contributed by atoms with van der Waals surface area (Å²) in [7, 11) is -4.60. The number of nitro groups is 2. The van der Waals surface area contributed by atoms with Crippen molar-refractivity contribution in [2.24, 2.45) is 0 Å². The molecule has 0 unspecified atom stereocenters. The number of benzene rings is 2. The Kier molecular flexibility index (Phi) is 4.41. The lowest BCUT2D eigenvalue weighted by molar-refractivity contribution is -0.393. The Morgan fingerprint density at radius 1 is 0.957 bits per heavy atom. The van der Waals surface area contributed by atoms with Crippen LogP contribution in [0.25, 0.3) is 0 Å². The fraction of sp³-hybridized carbons (Fsp3) is 0. The summed E-state index contributed by atoms with van der Waals surface area (Å²) in [6, 6.07) is 8.33. The first kappa shape index (κ1) is 16.6. The third kappa shape index (κ3) is 3.69. The normalized spacial score (nSPS) is 11.0. The summed E-state index contributed by atoms with van der Waals surface area (Å²) >= 11 is 0. The maximum absolute atomic E-state index is 11.4. The highest BCUT2D eigenvalue weighted by Gasteiger charge is 2.24. The molecule has 0 aliphatic carbocycles. The standard InChI is InChI=1S/C12H10N3O7P/c16-14(17)8-5-6-9(11(7-8)15(18)19)13-10-3-1-2-4-12(10)23(20,21)22/h1-7,13H,(H2,20,21,22). The van der Waals surface area contributed by atoms with Crippen LogP contribution in [-0.2, 0) is 4.57 Å². The Morgan fingerprint density at radius 2 is 1.61 bits per heavy atom. The van der Waals surface area contributed by atoms with Gasteiger partial charge in [0.05, 0.1) is 26.9 Å². The Bertz CT molecular complexity index is 833. The van der Waals surface area contributed by atoms with Gasteiger partial charge in [-0.1, -0.05) is 12.1 Å². The zero-order valence-electron chi connectivity index (χ0n) is 11.3. The monoisotopic (exact) mass is 339 g/mol. The van der Waals surface area contributed by atoms with Gasteiger partial charge >= 0.3 is 7.60 Å². The van der Waals surface area contributed by atoms with Gasteiger partial charge in [0.25, 0.3) is 11.4 Å². The number of para-hydroxylation sites is 1. The van der Waals surface area contributed by atoms with Crippen molar-refractivity contribution in [2.45, 2.75) is 0 Å². The van der Waals surface area contributed by atoms with Gasteiger partial charge in [0, 0.05) is 6.07 Å². The number of rotatable bonds is 5. The highest BCUT2D eigenvalue weighted by atomic mass is 31.2. The molecule has 2 aromatic rings. The van der Waals surface area contributed by atoms with Crippen LogP contribution in [0.2, 0.25) is 0 Å². The van der Waals surface area contributed by atoms with Gasteiger partial charge in [-0.05, 0) is 18.2 Å². The molecular weight excluding hydrogens is 329 g/mol. The lowest BCUT2D eigenvalue weighted by Gasteiger charge is -2.12. The predicted octanol–water partition coefficient (Wildman–Crippen LogP) is 2.05. The van der Waals surface area contributed by atoms with Gasteiger partial charge in [-0.15, -0.1) is 0 Å². The molecule has 0 amide bonds. The molecule has 3 N–H and O–H groups in total. The predicted molar refractivity (Wildman–Crippen MR) is 81.2 cm³/mol. The van der Waals surface area contributed by atoms with Crippen LogP contribution in [0, 0.1) is 20.2 Å². The Labute approximate surface area is 128 Å². The van der Waals surface area contributed by atoms with Crippen LogP contribution in [0.4, 0.5) is 22.7 Å². The van der Waals surface area contributed by atoms with E-state index in [0.29, 0.717) is 0 Å². The van der Waals surface area contributed by atoms with E-state index in [-0.39, 0.29) is 16.7 Å². The number of non-ortho nitro benzene ring substituents is 1. The van der Waals surface area contributed by atoms with Gasteiger partial charge in [-0.2, -0.15) is 0 Å². The Morgan fingerprint density at radius 3 is 2.17 bits per heavy atom. The fourth-order valence-electron chi connectivity index (χ4n) is 1.87. The van der Waals surface area contributed by atoms with Gasteiger partial charge < -0.3 is 15.1 Å². The van der Waals surface area contributed by atoms with E-state index in [9.17, 15) is 34.6 Å². The summed E-state index contributed by atoms with van der Waals surface area (Å²) in [5.41, 5.74) is -1.20. The van der Waals surface area contributed by atoms with E-state index in [1.807, 2.05) is 0 Å². The number of hydrogen-bond acceptors (Lipinski definition) is 6. The van der Waals surface area contributed by atoms with Crippen LogP contribution >= 0.6 is 7.60 Å². The topological polar surface area (TPSA) is 156 Å². The summed E-state index contributed by atoms with van der Waals surface area (Å²) in [6.07, 6.45) is 0. The van der Waals surface area contributed by atoms with Crippen LogP contribution in [0.15, 0.2) is 42.5 Å². The molecule has 0 aliphatic heterocycles. The zero-order chi connectivity index (χ0) is 17.2. The van der Waals surface area contributed by atoms with Crippen molar-refractivity contribution in [1.82, 2.24) is 0 Å². The second-order valence-electron chi connectivity index (χ2n) is 4.40. The van der Waals surface area contributed by atoms with Crippen molar-refractivity contribution in [3.8, 4) is 0 Å². The van der Waals surface area contributed by atoms with Crippen molar-refractivity contribution in [3.63, 3.8) is 0 Å². The van der Waals surface area contributed by atoms with Crippen molar-refractivity contribution >= 4 is 35.6 Å². The number of nitro benzene ring substituents is 2. The molecule has 0 aromatic heterocycles. The molecule has 11 heteroatoms. The second-order valence-corrected chi connectivity index (χ2v) is 5.97. The third-order valence-corrected chi connectivity index (χ3v) is 3.89. The van der Waals surface area contributed by atoms with Crippen LogP contribution < -0.4 is 10.6 Å². The smallest absolute Gasteiger partial charge is 0.349 e. The van der Waals surface area contributed by atoms with E-state index in [1.165, 1.54) is 24.3 Å². The number of anilines is 2. The molecule has 0 saturated carbocycles. The molecule has 0 radical (unpaired) electrons. The van der Waals surface area contributed by atoms with Gasteiger partial charge in [0.2, 0.25) is 0 Å². The molecule has 0 heterocycles. The van der Waals surface area contributed by atoms with E-state index < -0.39 is 28.8 Å². The third-order valence-electron chi connectivity index (χ3n) is 2.88. The van der Waals surface area contributed by atoms with Crippen LogP contribution in [0.1, 0.15) is 0 Å². The van der Waals surface area contributed by atoms with Gasteiger partial charge in [-0.25, -0.2) is 0 Å². The molecule has 10 nitrogen and oxygen atoms in total. The lowest BCUT2D eigenvalue weighted by Crippen LogP contribution is -2.10. The average Bonchev–Trinajstić information content (AvgIpc) is 2.46. The van der Waals surface area contributed by atoms with Crippen LogP contribution in [0.3, 0.4) is 0 Å². The molecule has 0 aliphatic rings. The van der Waals surface area contributed by atoms with Crippen molar-refractivity contribution in [1.29, 1.82) is 0 Å². The minimum absolute atomic E-state index is 0.0298. The van der Waals surface area contributed by atoms with Crippen LogP contribution in [-0.4, -0.2) is 19.6 Å². The largest absolute Gasteiger partial charge is 0.358 e. The first-order chi connectivity index (χ1) is 10.7. The molecule has 2 aromatic carbocycles. The zero-order valence-corrected chi connectivity index (χ0v) is 12.2. The first-order valence-electron chi connectivity index (χ1n) is 6.05. The van der Waals surface area contributed by atoms with Gasteiger partial charge in [-0.3, -0.25) is 24.8 Å². The Balaban J connectivity index is 2.51. The molecule has 0 bridgehead atoms. The highest BCUT2D eigenvalue weighted by Crippen LogP contribution is 2.38. The second kappa shape index (κ2) is 6.13. The number of hydrogen-bond donors (Lipinski definition) is 3. The van der Waals surface area contributed by atoms with E-state index in [2.05, 4.69) is 5.32 Å². The molecule has 0 fully saturated rings. The maximum atomic E-state index is 11.4. The van der Waals surface area contributed by atoms with Crippen molar-refractivity contribution in [3.05, 3.63) is 62.7 Å². The summed E-state index contributed by atoms with van der Waals surface area (Å²) < 4.78 is 11.4. The average molecular weight is 339 g/mol. The van der Waals surface area contributed by atoms with Crippen molar-refractivity contribution in [2.75, 3.05) is 5.32 Å². The van der Waals surface area contributed by atoms with E-state index in [4.69, 9.17) is 0 Å². The quantitative estimate of drug-likeness (QED) is 0.424. The molecule has 2 rings (SSSR count). The molecule has 0 saturated heterocycles. The molecule has 0 atom stereocenters. The molecule has 23 heavy (non-hydrogen) atoms. The van der Waals surface area contributed by atoms with Crippen LogP contribution in [0.5, 0.6) is 0 Å². The number of nitrogens with zero attached hydrogens (tertiary/aromatic N) is 2. The number of nitrogens with one attached hydrogen (secondary N) is 1. The van der Waals surface area contributed by atoms with E-state index in [1.54, 1.807) is 0 Å². The molecule has 120 valence electrons. The lowest BCUT2D eigenvalue weighted by atomic mass is 10.2. The Hall–Kier alpha value is -2.81.